The van der Waals surface area contributed by atoms with Crippen molar-refractivity contribution in [1.29, 1.82) is 0 Å². The number of amides is 1. The van der Waals surface area contributed by atoms with Crippen molar-refractivity contribution in [2.45, 2.75) is 44.5 Å². The van der Waals surface area contributed by atoms with E-state index >= 15 is 0 Å². The summed E-state index contributed by atoms with van der Waals surface area (Å²) in [5.41, 5.74) is -0.706. The van der Waals surface area contributed by atoms with Gasteiger partial charge in [-0.1, -0.05) is 12.1 Å². The third-order valence-corrected chi connectivity index (χ3v) is 7.59. The molecule has 0 spiro atoms. The molecule has 1 aromatic heterocycles. The van der Waals surface area contributed by atoms with Crippen molar-refractivity contribution in [2.24, 2.45) is 7.05 Å². The minimum atomic E-state index is -3.61. The highest BCUT2D eigenvalue weighted by Crippen LogP contribution is 2.34. The molecule has 11 heteroatoms. The van der Waals surface area contributed by atoms with Crippen LogP contribution in [0.5, 0.6) is 5.75 Å². The summed E-state index contributed by atoms with van der Waals surface area (Å²) in [5.74, 6) is -1.93. The van der Waals surface area contributed by atoms with E-state index in [0.717, 1.165) is 4.57 Å². The molecule has 1 aliphatic heterocycles. The Bertz CT molecular complexity index is 1150. The van der Waals surface area contributed by atoms with E-state index in [2.05, 4.69) is 10.3 Å². The minimum Gasteiger partial charge on any atom is -0.501 e. The molecular weight excluding hydrogens is 427 g/mol. The maximum Gasteiger partial charge on any atom is 0.296 e. The van der Waals surface area contributed by atoms with Crippen LogP contribution in [0.3, 0.4) is 0 Å². The number of nitrogens with one attached hydrogen (secondary N) is 1. The van der Waals surface area contributed by atoms with Gasteiger partial charge in [-0.3, -0.25) is 14.2 Å². The van der Waals surface area contributed by atoms with E-state index in [1.165, 1.54) is 35.6 Å². The SMILES string of the molecule is CC(C)S(=O)(=O)N1CCCC1c1nc(C(=O)NCc2ccc(F)cc2)c(O)c(=O)n1C. The van der Waals surface area contributed by atoms with Gasteiger partial charge in [-0.15, -0.1) is 0 Å². The Hall–Kier alpha value is -2.79. The predicted octanol–water partition coefficient (Wildman–Crippen LogP) is 1.43. The highest BCUT2D eigenvalue weighted by atomic mass is 32.2. The first-order valence-corrected chi connectivity index (χ1v) is 11.4. The van der Waals surface area contributed by atoms with Gasteiger partial charge in [-0.25, -0.2) is 17.8 Å². The standard InChI is InChI=1S/C20H25FN4O5S/c1-12(2)31(29,30)25-10-4-5-15(25)18-23-16(17(26)20(28)24(18)3)19(27)22-11-13-6-8-14(21)9-7-13/h6-9,12,15,26H,4-5,10-11H2,1-3H3,(H,22,27). The molecule has 1 aromatic carbocycles. The van der Waals surface area contributed by atoms with Crippen LogP contribution in [0.15, 0.2) is 29.1 Å². The van der Waals surface area contributed by atoms with Crippen molar-refractivity contribution in [3.63, 3.8) is 0 Å². The third-order valence-electron chi connectivity index (χ3n) is 5.31. The molecule has 1 aliphatic rings. The van der Waals surface area contributed by atoms with Crippen LogP contribution in [0.25, 0.3) is 0 Å². The Labute approximate surface area is 179 Å². The summed E-state index contributed by atoms with van der Waals surface area (Å²) in [6.07, 6.45) is 1.02. The van der Waals surface area contributed by atoms with Crippen LogP contribution >= 0.6 is 0 Å². The summed E-state index contributed by atoms with van der Waals surface area (Å²) < 4.78 is 40.9. The van der Waals surface area contributed by atoms with Crippen molar-refractivity contribution in [2.75, 3.05) is 6.54 Å². The average Bonchev–Trinajstić information content (AvgIpc) is 3.22. The largest absolute Gasteiger partial charge is 0.501 e. The number of hydrogen-bond donors (Lipinski definition) is 2. The second-order valence-electron chi connectivity index (χ2n) is 7.70. The minimum absolute atomic E-state index is 0.0298. The molecule has 2 aromatic rings. The van der Waals surface area contributed by atoms with E-state index < -0.39 is 50.0 Å². The van der Waals surface area contributed by atoms with Crippen LogP contribution in [0.4, 0.5) is 4.39 Å². The fourth-order valence-electron chi connectivity index (χ4n) is 3.50. The molecule has 2 N–H and O–H groups in total. The van der Waals surface area contributed by atoms with Gasteiger partial charge >= 0.3 is 0 Å². The quantitative estimate of drug-likeness (QED) is 0.684. The fraction of sp³-hybridized carbons (Fsp3) is 0.450. The Balaban J connectivity index is 1.94. The molecule has 1 saturated heterocycles. The lowest BCUT2D eigenvalue weighted by Gasteiger charge is -2.27. The lowest BCUT2D eigenvalue weighted by Crippen LogP contribution is -2.39. The number of benzene rings is 1. The molecule has 1 unspecified atom stereocenters. The molecule has 2 heterocycles. The summed E-state index contributed by atoms with van der Waals surface area (Å²) in [4.78, 5) is 29.4. The molecular formula is C20H25FN4O5S. The molecule has 0 radical (unpaired) electrons. The third kappa shape index (κ3) is 4.47. The molecule has 1 atom stereocenters. The van der Waals surface area contributed by atoms with E-state index in [0.29, 0.717) is 18.4 Å². The van der Waals surface area contributed by atoms with Crippen LogP contribution in [0.2, 0.25) is 0 Å². The van der Waals surface area contributed by atoms with Gasteiger partial charge < -0.3 is 10.4 Å². The number of sulfonamides is 1. The predicted molar refractivity (Wildman–Crippen MR) is 111 cm³/mol. The zero-order valence-corrected chi connectivity index (χ0v) is 18.3. The molecule has 1 amide bonds. The van der Waals surface area contributed by atoms with E-state index in [1.807, 2.05) is 0 Å². The van der Waals surface area contributed by atoms with Gasteiger partial charge in [0.25, 0.3) is 11.5 Å². The van der Waals surface area contributed by atoms with Gasteiger partial charge in [0.1, 0.15) is 11.6 Å². The number of rotatable bonds is 6. The summed E-state index contributed by atoms with van der Waals surface area (Å²) in [5, 5.41) is 12.1. The van der Waals surface area contributed by atoms with Gasteiger partial charge in [-0.2, -0.15) is 4.31 Å². The van der Waals surface area contributed by atoms with Gasteiger partial charge in [0.15, 0.2) is 5.69 Å². The first-order chi connectivity index (χ1) is 14.5. The molecule has 1 fully saturated rings. The number of hydrogen-bond acceptors (Lipinski definition) is 6. The summed E-state index contributed by atoms with van der Waals surface area (Å²) in [6.45, 7) is 3.46. The maximum absolute atomic E-state index is 13.0. The van der Waals surface area contributed by atoms with Gasteiger partial charge in [0.05, 0.1) is 11.3 Å². The zero-order chi connectivity index (χ0) is 22.9. The van der Waals surface area contributed by atoms with Crippen LogP contribution in [0, 0.1) is 5.82 Å². The summed E-state index contributed by atoms with van der Waals surface area (Å²) in [7, 11) is -2.23. The van der Waals surface area contributed by atoms with Crippen molar-refractivity contribution >= 4 is 15.9 Å². The smallest absolute Gasteiger partial charge is 0.296 e. The average molecular weight is 453 g/mol. The van der Waals surface area contributed by atoms with Crippen molar-refractivity contribution in [3.05, 3.63) is 57.5 Å². The molecule has 0 aliphatic carbocycles. The molecule has 0 bridgehead atoms. The second kappa shape index (κ2) is 8.75. The molecule has 168 valence electrons. The lowest BCUT2D eigenvalue weighted by molar-refractivity contribution is 0.0941. The number of halogens is 1. The molecule has 9 nitrogen and oxygen atoms in total. The Morgan fingerprint density at radius 3 is 2.58 bits per heavy atom. The van der Waals surface area contributed by atoms with Crippen molar-refractivity contribution in [3.8, 4) is 5.75 Å². The normalized spacial score (nSPS) is 17.3. The summed E-state index contributed by atoms with van der Waals surface area (Å²) >= 11 is 0. The number of carbonyl (C=O) groups is 1. The van der Waals surface area contributed by atoms with Gasteiger partial charge in [-0.05, 0) is 44.4 Å². The monoisotopic (exact) mass is 452 g/mol. The Kier molecular flexibility index (Phi) is 6.46. The van der Waals surface area contributed by atoms with Crippen LogP contribution in [-0.4, -0.2) is 45.1 Å². The highest BCUT2D eigenvalue weighted by molar-refractivity contribution is 7.89. The number of nitrogens with zero attached hydrogens (tertiary/aromatic N) is 3. The molecule has 31 heavy (non-hydrogen) atoms. The van der Waals surface area contributed by atoms with Gasteiger partial charge in [0, 0.05) is 20.1 Å². The highest BCUT2D eigenvalue weighted by Gasteiger charge is 2.39. The van der Waals surface area contributed by atoms with E-state index in [1.54, 1.807) is 13.8 Å². The maximum atomic E-state index is 13.0. The van der Waals surface area contributed by atoms with Crippen LogP contribution < -0.4 is 10.9 Å². The van der Waals surface area contributed by atoms with Crippen molar-refractivity contribution in [1.82, 2.24) is 19.2 Å². The Morgan fingerprint density at radius 1 is 1.32 bits per heavy atom. The number of aromatic hydroxyl groups is 1. The number of carbonyl (C=O) groups excluding carboxylic acids is 1. The van der Waals surface area contributed by atoms with E-state index in [-0.39, 0.29) is 18.9 Å². The summed E-state index contributed by atoms with van der Waals surface area (Å²) in [6, 6.07) is 4.76. The molecule has 0 saturated carbocycles. The lowest BCUT2D eigenvalue weighted by atomic mass is 10.2. The first kappa shape index (κ1) is 22.9. The topological polar surface area (TPSA) is 122 Å². The second-order valence-corrected chi connectivity index (χ2v) is 10.1. The van der Waals surface area contributed by atoms with E-state index in [4.69, 9.17) is 0 Å². The number of aromatic nitrogens is 2. The fourth-order valence-corrected chi connectivity index (χ4v) is 4.98. The van der Waals surface area contributed by atoms with Crippen LogP contribution in [-0.2, 0) is 23.6 Å². The van der Waals surface area contributed by atoms with Crippen LogP contribution in [0.1, 0.15) is 54.6 Å². The first-order valence-electron chi connectivity index (χ1n) is 9.87. The van der Waals surface area contributed by atoms with E-state index in [9.17, 15) is 27.5 Å². The Morgan fingerprint density at radius 2 is 1.97 bits per heavy atom. The zero-order valence-electron chi connectivity index (χ0n) is 17.5. The molecule has 3 rings (SSSR count). The van der Waals surface area contributed by atoms with Gasteiger partial charge in [0.2, 0.25) is 15.8 Å². The van der Waals surface area contributed by atoms with Crippen molar-refractivity contribution < 1.29 is 22.7 Å².